The van der Waals surface area contributed by atoms with Gasteiger partial charge in [0.15, 0.2) is 0 Å². The van der Waals surface area contributed by atoms with Crippen LogP contribution in [0.1, 0.15) is 15.9 Å². The summed E-state index contributed by atoms with van der Waals surface area (Å²) in [5, 5.41) is 12.4. The molecule has 0 fully saturated rings. The lowest BCUT2D eigenvalue weighted by Gasteiger charge is -2.04. The van der Waals surface area contributed by atoms with Crippen molar-refractivity contribution in [3.8, 4) is 5.75 Å². The van der Waals surface area contributed by atoms with Gasteiger partial charge < -0.3 is 9.94 Å². The molecule has 0 saturated heterocycles. The molecule has 1 heterocycles. The second-order valence-corrected chi connectivity index (χ2v) is 5.19. The summed E-state index contributed by atoms with van der Waals surface area (Å²) in [6.07, 6.45) is 0. The third kappa shape index (κ3) is 1.82. The Labute approximate surface area is 124 Å². The summed E-state index contributed by atoms with van der Waals surface area (Å²) < 4.78 is 6.37. The molecule has 0 radical (unpaired) electrons. The molecule has 0 aromatic heterocycles. The molecule has 20 heavy (non-hydrogen) atoms. The fraction of sp³-hybridized carbons (Fsp3) is 0.0667. The number of hydrogen-bond donors (Lipinski definition) is 0. The first-order valence-corrected chi connectivity index (χ1v) is 6.74. The number of fused-ring (bicyclic) bond motifs is 1. The van der Waals surface area contributed by atoms with E-state index in [9.17, 15) is 10.0 Å². The average Bonchev–Trinajstić information content (AvgIpc) is 2.72. The van der Waals surface area contributed by atoms with Gasteiger partial charge in [0.1, 0.15) is 11.3 Å². The Hall–Kier alpha value is -2.14. The zero-order valence-electron chi connectivity index (χ0n) is 10.6. The molecule has 0 bridgehead atoms. The van der Waals surface area contributed by atoms with E-state index in [0.29, 0.717) is 31.8 Å². The Balaban J connectivity index is 2.15. The molecular weight excluding hydrogens is 322 g/mol. The maximum Gasteiger partial charge on any atom is 0.272 e. The molecule has 2 aromatic rings. The van der Waals surface area contributed by atoms with Crippen LogP contribution < -0.4 is 4.74 Å². The van der Waals surface area contributed by atoms with Crippen LogP contribution in [0.5, 0.6) is 5.75 Å². The van der Waals surface area contributed by atoms with Gasteiger partial charge in [-0.2, -0.15) is 4.74 Å². The quantitative estimate of drug-likeness (QED) is 0.626. The van der Waals surface area contributed by atoms with Crippen molar-refractivity contribution in [2.75, 3.05) is 7.11 Å². The van der Waals surface area contributed by atoms with E-state index in [1.54, 1.807) is 49.6 Å². The molecule has 1 aliphatic heterocycles. The molecule has 0 amide bonds. The minimum Gasteiger partial charge on any atom is -0.618 e. The molecule has 2 aromatic carbocycles. The largest absolute Gasteiger partial charge is 0.618 e. The topological polar surface area (TPSA) is 52.4 Å². The van der Waals surface area contributed by atoms with E-state index in [1.165, 1.54) is 0 Å². The summed E-state index contributed by atoms with van der Waals surface area (Å²) in [6.45, 7) is 0. The van der Waals surface area contributed by atoms with Gasteiger partial charge in [-0.3, -0.25) is 4.79 Å². The minimum atomic E-state index is -0.263. The number of carbonyl (C=O) groups is 1. The highest BCUT2D eigenvalue weighted by molar-refractivity contribution is 9.10. The number of halogens is 1. The van der Waals surface area contributed by atoms with Crippen LogP contribution >= 0.6 is 15.9 Å². The Morgan fingerprint density at radius 1 is 1.15 bits per heavy atom. The number of ether oxygens (including phenoxy) is 1. The van der Waals surface area contributed by atoms with Gasteiger partial charge in [-0.25, -0.2) is 0 Å². The summed E-state index contributed by atoms with van der Waals surface area (Å²) in [5.74, 6) is 0.414. The van der Waals surface area contributed by atoms with Crippen molar-refractivity contribution in [1.29, 1.82) is 0 Å². The number of carbonyl (C=O) groups excluding carboxylic acids is 1. The van der Waals surface area contributed by atoms with Crippen LogP contribution in [0.4, 0.5) is 5.69 Å². The molecule has 0 saturated carbocycles. The maximum absolute atomic E-state index is 12.4. The van der Waals surface area contributed by atoms with Crippen LogP contribution in [0.25, 0.3) is 0 Å². The lowest BCUT2D eigenvalue weighted by Crippen LogP contribution is -2.16. The first-order chi connectivity index (χ1) is 9.63. The number of nitrogens with zero attached hydrogens (tertiary/aromatic N) is 1. The van der Waals surface area contributed by atoms with Crippen LogP contribution in [0, 0.1) is 5.21 Å². The number of ketones is 1. The van der Waals surface area contributed by atoms with Crippen LogP contribution in [0.3, 0.4) is 0 Å². The standard InChI is InChI=1S/C15H10BrNO3/c1-20-10-7-5-9(6-8-10)13-15(18)11-3-2-4-12(16)14(11)17(13)19/h2-8H,1H3. The van der Waals surface area contributed by atoms with Crippen molar-refractivity contribution in [2.45, 2.75) is 0 Å². The number of Topliss-reactive ketones (excluding diaryl/α,β-unsaturated/α-hetero) is 1. The van der Waals surface area contributed by atoms with E-state index < -0.39 is 0 Å². The molecule has 100 valence electrons. The number of methoxy groups -OCH3 is 1. The van der Waals surface area contributed by atoms with Gasteiger partial charge in [0, 0.05) is 0 Å². The highest BCUT2D eigenvalue weighted by Gasteiger charge is 2.37. The predicted octanol–water partition coefficient (Wildman–Crippen LogP) is 3.29. The van der Waals surface area contributed by atoms with Crippen molar-refractivity contribution in [3.05, 3.63) is 63.3 Å². The highest BCUT2D eigenvalue weighted by Crippen LogP contribution is 2.34. The third-order valence-electron chi connectivity index (χ3n) is 3.22. The SMILES string of the molecule is COc1ccc(C2=[N+]([O-])c3c(Br)cccc3C2=O)cc1. The molecule has 0 aliphatic carbocycles. The van der Waals surface area contributed by atoms with Gasteiger partial charge in [0.25, 0.3) is 11.5 Å². The van der Waals surface area contributed by atoms with E-state index in [1.807, 2.05) is 0 Å². The number of hydrogen-bond acceptors (Lipinski definition) is 3. The molecule has 0 N–H and O–H groups in total. The van der Waals surface area contributed by atoms with E-state index >= 15 is 0 Å². The molecule has 0 unspecified atom stereocenters. The Kier molecular flexibility index (Phi) is 3.06. The van der Waals surface area contributed by atoms with Gasteiger partial charge in [0.05, 0.1) is 17.1 Å². The summed E-state index contributed by atoms with van der Waals surface area (Å²) in [7, 11) is 1.57. The lowest BCUT2D eigenvalue weighted by molar-refractivity contribution is -0.356. The minimum absolute atomic E-state index is 0.134. The number of rotatable bonds is 2. The molecule has 0 spiro atoms. The predicted molar refractivity (Wildman–Crippen MR) is 78.9 cm³/mol. The molecule has 5 heteroatoms. The monoisotopic (exact) mass is 331 g/mol. The molecular formula is C15H10BrNO3. The van der Waals surface area contributed by atoms with Gasteiger partial charge >= 0.3 is 0 Å². The Morgan fingerprint density at radius 3 is 2.45 bits per heavy atom. The van der Waals surface area contributed by atoms with Crippen molar-refractivity contribution >= 4 is 33.1 Å². The molecule has 3 rings (SSSR count). The first kappa shape index (κ1) is 12.9. The van der Waals surface area contributed by atoms with Crippen LogP contribution in [0.15, 0.2) is 46.9 Å². The first-order valence-electron chi connectivity index (χ1n) is 5.95. The lowest BCUT2D eigenvalue weighted by atomic mass is 10.0. The van der Waals surface area contributed by atoms with Gasteiger partial charge in [-0.1, -0.05) is 6.07 Å². The molecule has 1 aliphatic rings. The fourth-order valence-electron chi connectivity index (χ4n) is 2.23. The van der Waals surface area contributed by atoms with Crippen LogP contribution in [-0.2, 0) is 0 Å². The van der Waals surface area contributed by atoms with E-state index in [4.69, 9.17) is 4.74 Å². The smallest absolute Gasteiger partial charge is 0.272 e. The number of para-hydroxylation sites is 1. The van der Waals surface area contributed by atoms with Crippen molar-refractivity contribution in [2.24, 2.45) is 0 Å². The van der Waals surface area contributed by atoms with Gasteiger partial charge in [-0.15, -0.1) is 0 Å². The van der Waals surface area contributed by atoms with E-state index in [-0.39, 0.29) is 11.5 Å². The summed E-state index contributed by atoms with van der Waals surface area (Å²) in [5.41, 5.74) is 1.49. The highest BCUT2D eigenvalue weighted by atomic mass is 79.9. The second-order valence-electron chi connectivity index (χ2n) is 4.34. The zero-order chi connectivity index (χ0) is 14.3. The molecule has 4 nitrogen and oxygen atoms in total. The van der Waals surface area contributed by atoms with E-state index in [0.717, 1.165) is 0 Å². The fourth-order valence-corrected chi connectivity index (χ4v) is 2.76. The van der Waals surface area contributed by atoms with Crippen molar-refractivity contribution in [1.82, 2.24) is 0 Å². The Bertz CT molecular complexity index is 735. The number of benzene rings is 2. The van der Waals surface area contributed by atoms with Crippen LogP contribution in [0.2, 0.25) is 0 Å². The van der Waals surface area contributed by atoms with Crippen molar-refractivity contribution < 1.29 is 14.3 Å². The normalized spacial score (nSPS) is 13.6. The van der Waals surface area contributed by atoms with Crippen LogP contribution in [-0.4, -0.2) is 23.3 Å². The average molecular weight is 332 g/mol. The summed E-state index contributed by atoms with van der Waals surface area (Å²) >= 11 is 3.31. The Morgan fingerprint density at radius 2 is 1.85 bits per heavy atom. The van der Waals surface area contributed by atoms with E-state index in [2.05, 4.69) is 15.9 Å². The summed E-state index contributed by atoms with van der Waals surface area (Å²) in [4.78, 5) is 12.4. The zero-order valence-corrected chi connectivity index (χ0v) is 12.2. The summed E-state index contributed by atoms with van der Waals surface area (Å²) in [6, 6.07) is 12.0. The molecule has 0 atom stereocenters. The van der Waals surface area contributed by atoms with Gasteiger partial charge in [0.2, 0.25) is 5.69 Å². The van der Waals surface area contributed by atoms with Crippen molar-refractivity contribution in [3.63, 3.8) is 0 Å². The maximum atomic E-state index is 12.4. The second kappa shape index (κ2) is 4.76. The van der Waals surface area contributed by atoms with Gasteiger partial charge in [-0.05, 0) is 52.3 Å². The third-order valence-corrected chi connectivity index (χ3v) is 3.86.